The molecule has 1 aromatic rings. The fraction of sp³-hybridized carbons (Fsp3) is 0.769. The summed E-state index contributed by atoms with van der Waals surface area (Å²) in [6.07, 6.45) is 6.11. The smallest absolute Gasteiger partial charge is 0.242 e. The van der Waals surface area contributed by atoms with Gasteiger partial charge >= 0.3 is 0 Å². The third kappa shape index (κ3) is 4.01. The number of nitrogens with zero attached hydrogens (tertiary/aromatic N) is 3. The number of rotatable bonds is 6. The zero-order valence-corrected chi connectivity index (χ0v) is 11.5. The van der Waals surface area contributed by atoms with E-state index in [1.54, 1.807) is 4.68 Å². The fourth-order valence-corrected chi connectivity index (χ4v) is 2.30. The van der Waals surface area contributed by atoms with Crippen LogP contribution in [0.1, 0.15) is 31.4 Å². The van der Waals surface area contributed by atoms with E-state index in [2.05, 4.69) is 20.9 Å². The molecule has 0 bridgehead atoms. The number of ether oxygens (including phenoxy) is 1. The van der Waals surface area contributed by atoms with Crippen LogP contribution in [0.15, 0.2) is 6.20 Å². The minimum absolute atomic E-state index is 0.0106. The highest BCUT2D eigenvalue weighted by atomic mass is 16.5. The van der Waals surface area contributed by atoms with Crippen molar-refractivity contribution in [2.75, 3.05) is 13.2 Å². The Morgan fingerprint density at radius 1 is 1.30 bits per heavy atom. The molecule has 0 spiro atoms. The van der Waals surface area contributed by atoms with Gasteiger partial charge in [0, 0.05) is 31.8 Å². The molecule has 0 atom stereocenters. The summed E-state index contributed by atoms with van der Waals surface area (Å²) in [6, 6.07) is 0.882. The lowest BCUT2D eigenvalue weighted by molar-refractivity contribution is -0.123. The van der Waals surface area contributed by atoms with E-state index in [-0.39, 0.29) is 18.5 Å². The first-order valence-electron chi connectivity index (χ1n) is 7.29. The van der Waals surface area contributed by atoms with Gasteiger partial charge in [0.2, 0.25) is 5.91 Å². The predicted octanol–water partition coefficient (Wildman–Crippen LogP) is -0.175. The largest absolute Gasteiger partial charge is 0.381 e. The van der Waals surface area contributed by atoms with Crippen LogP contribution in [0.5, 0.6) is 0 Å². The summed E-state index contributed by atoms with van der Waals surface area (Å²) in [5.41, 5.74) is 0.885. The van der Waals surface area contributed by atoms with E-state index in [0.717, 1.165) is 38.3 Å². The Kier molecular flexibility index (Phi) is 4.27. The Morgan fingerprint density at radius 2 is 2.10 bits per heavy atom. The van der Waals surface area contributed by atoms with Crippen LogP contribution in [-0.4, -0.2) is 46.2 Å². The van der Waals surface area contributed by atoms with Gasteiger partial charge in [-0.15, -0.1) is 5.10 Å². The van der Waals surface area contributed by atoms with Gasteiger partial charge in [-0.3, -0.25) is 4.79 Å². The maximum absolute atomic E-state index is 11.9. The molecule has 2 fully saturated rings. The Hall–Kier alpha value is -1.47. The average Bonchev–Trinajstić information content (AvgIpc) is 3.18. The van der Waals surface area contributed by atoms with E-state index >= 15 is 0 Å². The molecule has 1 amide bonds. The third-order valence-electron chi connectivity index (χ3n) is 3.63. The van der Waals surface area contributed by atoms with Crippen LogP contribution in [0, 0.1) is 0 Å². The molecule has 20 heavy (non-hydrogen) atoms. The van der Waals surface area contributed by atoms with Crippen molar-refractivity contribution in [2.24, 2.45) is 0 Å². The standard InChI is InChI=1S/C13H21N5O2/c19-13(15-11-3-5-20-6-4-11)9-18-8-12(16-17-18)7-14-10-1-2-10/h8,10-11,14H,1-7,9H2,(H,15,19). The van der Waals surface area contributed by atoms with Crippen molar-refractivity contribution in [1.29, 1.82) is 0 Å². The number of hydrogen-bond donors (Lipinski definition) is 2. The van der Waals surface area contributed by atoms with Gasteiger partial charge in [0.25, 0.3) is 0 Å². The average molecular weight is 279 g/mol. The van der Waals surface area contributed by atoms with Gasteiger partial charge in [0.05, 0.1) is 11.9 Å². The highest BCUT2D eigenvalue weighted by Gasteiger charge is 2.20. The Morgan fingerprint density at radius 3 is 2.85 bits per heavy atom. The highest BCUT2D eigenvalue weighted by Crippen LogP contribution is 2.18. The van der Waals surface area contributed by atoms with Gasteiger partial charge < -0.3 is 15.4 Å². The normalized spacial score (nSPS) is 20.0. The maximum Gasteiger partial charge on any atom is 0.242 e. The lowest BCUT2D eigenvalue weighted by Crippen LogP contribution is -2.40. The lowest BCUT2D eigenvalue weighted by Gasteiger charge is -2.22. The fourth-order valence-electron chi connectivity index (χ4n) is 2.30. The first-order chi connectivity index (χ1) is 9.79. The first-order valence-corrected chi connectivity index (χ1v) is 7.29. The molecule has 2 heterocycles. The van der Waals surface area contributed by atoms with Crippen LogP contribution in [0.4, 0.5) is 0 Å². The molecular formula is C13H21N5O2. The van der Waals surface area contributed by atoms with E-state index in [9.17, 15) is 4.79 Å². The Bertz CT molecular complexity index is 451. The Labute approximate surface area is 118 Å². The molecule has 1 aliphatic carbocycles. The summed E-state index contributed by atoms with van der Waals surface area (Å²) in [7, 11) is 0. The van der Waals surface area contributed by atoms with E-state index in [1.807, 2.05) is 6.20 Å². The quantitative estimate of drug-likeness (QED) is 0.755. The van der Waals surface area contributed by atoms with Crippen molar-refractivity contribution in [2.45, 2.75) is 50.9 Å². The van der Waals surface area contributed by atoms with E-state index in [4.69, 9.17) is 4.74 Å². The topological polar surface area (TPSA) is 81.1 Å². The molecule has 0 radical (unpaired) electrons. The zero-order valence-electron chi connectivity index (χ0n) is 11.5. The van der Waals surface area contributed by atoms with Crippen molar-refractivity contribution in [3.8, 4) is 0 Å². The van der Waals surface area contributed by atoms with Crippen LogP contribution < -0.4 is 10.6 Å². The molecule has 2 aliphatic rings. The minimum Gasteiger partial charge on any atom is -0.381 e. The third-order valence-corrected chi connectivity index (χ3v) is 3.63. The van der Waals surface area contributed by atoms with Crippen LogP contribution >= 0.6 is 0 Å². The summed E-state index contributed by atoms with van der Waals surface area (Å²) in [5.74, 6) is -0.0106. The molecule has 3 rings (SSSR count). The van der Waals surface area contributed by atoms with E-state index in [1.165, 1.54) is 12.8 Å². The molecule has 0 aromatic carbocycles. The van der Waals surface area contributed by atoms with Crippen molar-refractivity contribution >= 4 is 5.91 Å². The van der Waals surface area contributed by atoms with Crippen molar-refractivity contribution in [1.82, 2.24) is 25.6 Å². The van der Waals surface area contributed by atoms with Gasteiger partial charge in [0.15, 0.2) is 0 Å². The number of carbonyl (C=O) groups is 1. The molecule has 1 saturated carbocycles. The van der Waals surface area contributed by atoms with Gasteiger partial charge in [-0.2, -0.15) is 0 Å². The number of carbonyl (C=O) groups excluding carboxylic acids is 1. The summed E-state index contributed by atoms with van der Waals surface area (Å²) in [4.78, 5) is 11.9. The van der Waals surface area contributed by atoms with E-state index in [0.29, 0.717) is 6.04 Å². The van der Waals surface area contributed by atoms with Crippen molar-refractivity contribution < 1.29 is 9.53 Å². The zero-order chi connectivity index (χ0) is 13.8. The summed E-state index contributed by atoms with van der Waals surface area (Å²) < 4.78 is 6.86. The van der Waals surface area contributed by atoms with Crippen LogP contribution in [0.3, 0.4) is 0 Å². The van der Waals surface area contributed by atoms with Gasteiger partial charge in [0.1, 0.15) is 6.54 Å². The minimum atomic E-state index is -0.0106. The number of aromatic nitrogens is 3. The molecule has 7 nitrogen and oxygen atoms in total. The second kappa shape index (κ2) is 6.32. The molecule has 1 aromatic heterocycles. The molecule has 2 N–H and O–H groups in total. The highest BCUT2D eigenvalue weighted by molar-refractivity contribution is 5.75. The van der Waals surface area contributed by atoms with Crippen molar-refractivity contribution in [3.05, 3.63) is 11.9 Å². The predicted molar refractivity (Wildman–Crippen MR) is 71.9 cm³/mol. The van der Waals surface area contributed by atoms with Gasteiger partial charge in [-0.1, -0.05) is 5.21 Å². The Balaban J connectivity index is 1.42. The van der Waals surface area contributed by atoms with Crippen LogP contribution in [0.2, 0.25) is 0 Å². The second-order valence-electron chi connectivity index (χ2n) is 5.52. The summed E-state index contributed by atoms with van der Waals surface area (Å²) in [5, 5.41) is 14.4. The molecule has 0 unspecified atom stereocenters. The second-order valence-corrected chi connectivity index (χ2v) is 5.52. The van der Waals surface area contributed by atoms with E-state index < -0.39 is 0 Å². The first kappa shape index (κ1) is 13.5. The van der Waals surface area contributed by atoms with Crippen molar-refractivity contribution in [3.63, 3.8) is 0 Å². The number of amides is 1. The molecule has 1 saturated heterocycles. The molecule has 110 valence electrons. The lowest BCUT2D eigenvalue weighted by atomic mass is 10.1. The van der Waals surface area contributed by atoms with Gasteiger partial charge in [-0.25, -0.2) is 4.68 Å². The SMILES string of the molecule is O=C(Cn1cc(CNC2CC2)nn1)NC1CCOCC1. The molecule has 7 heteroatoms. The number of hydrogen-bond acceptors (Lipinski definition) is 5. The van der Waals surface area contributed by atoms with Crippen LogP contribution in [-0.2, 0) is 22.6 Å². The maximum atomic E-state index is 11.9. The molecule has 1 aliphatic heterocycles. The number of nitrogens with one attached hydrogen (secondary N) is 2. The monoisotopic (exact) mass is 279 g/mol. The molecular weight excluding hydrogens is 258 g/mol. The van der Waals surface area contributed by atoms with Crippen LogP contribution in [0.25, 0.3) is 0 Å². The summed E-state index contributed by atoms with van der Waals surface area (Å²) >= 11 is 0. The van der Waals surface area contributed by atoms with Gasteiger partial charge in [-0.05, 0) is 25.7 Å². The summed E-state index contributed by atoms with van der Waals surface area (Å²) in [6.45, 7) is 2.41.